The second kappa shape index (κ2) is 6.73. The first-order valence-electron chi connectivity index (χ1n) is 6.43. The number of amides is 2. The maximum atomic E-state index is 12.1. The van der Waals surface area contributed by atoms with Crippen molar-refractivity contribution in [3.8, 4) is 0 Å². The van der Waals surface area contributed by atoms with Crippen molar-refractivity contribution in [2.75, 3.05) is 26.7 Å². The molecule has 0 radical (unpaired) electrons. The molecule has 2 N–H and O–H groups in total. The lowest BCUT2D eigenvalue weighted by Gasteiger charge is -2.30. The van der Waals surface area contributed by atoms with E-state index in [0.29, 0.717) is 13.1 Å². The van der Waals surface area contributed by atoms with Crippen LogP contribution >= 0.6 is 0 Å². The topological polar surface area (TPSA) is 66.6 Å². The summed E-state index contributed by atoms with van der Waals surface area (Å²) in [6.45, 7) is 11.0. The van der Waals surface area contributed by atoms with Crippen LogP contribution in [0.5, 0.6) is 0 Å². The molecule has 0 spiro atoms. The molecule has 0 aromatic carbocycles. The van der Waals surface area contributed by atoms with Gasteiger partial charge in [0, 0.05) is 20.1 Å². The van der Waals surface area contributed by atoms with Gasteiger partial charge in [-0.25, -0.2) is 0 Å². The van der Waals surface area contributed by atoms with Gasteiger partial charge in [0.2, 0.25) is 11.8 Å². The second-order valence-electron chi connectivity index (χ2n) is 5.60. The van der Waals surface area contributed by atoms with E-state index in [1.54, 1.807) is 11.9 Å². The van der Waals surface area contributed by atoms with Crippen LogP contribution in [0.25, 0.3) is 0 Å². The van der Waals surface area contributed by atoms with Gasteiger partial charge in [-0.2, -0.15) is 0 Å². The fraction of sp³-hybridized carbons (Fsp3) is 0.846. The molecular formula is C13H27N3O2. The summed E-state index contributed by atoms with van der Waals surface area (Å²) in [6.07, 6.45) is 0. The first-order valence-corrected chi connectivity index (χ1v) is 6.43. The van der Waals surface area contributed by atoms with Crippen LogP contribution in [0, 0.1) is 5.41 Å². The highest BCUT2D eigenvalue weighted by Gasteiger charge is 2.30. The monoisotopic (exact) mass is 257 g/mol. The normalized spacial score (nSPS) is 13.1. The predicted molar refractivity (Wildman–Crippen MR) is 73.0 cm³/mol. The van der Waals surface area contributed by atoms with Gasteiger partial charge in [0.25, 0.3) is 0 Å². The van der Waals surface area contributed by atoms with E-state index in [-0.39, 0.29) is 23.8 Å². The molecule has 0 rings (SSSR count). The molecule has 1 atom stereocenters. The lowest BCUT2D eigenvalue weighted by molar-refractivity contribution is -0.141. The molecule has 0 aliphatic carbocycles. The SMILES string of the molecule is CCN(CC)C(=O)CN(C)C(=O)[C@H](N)C(C)(C)C. The van der Waals surface area contributed by atoms with E-state index in [9.17, 15) is 9.59 Å². The highest BCUT2D eigenvalue weighted by molar-refractivity contribution is 5.87. The fourth-order valence-corrected chi connectivity index (χ4v) is 1.56. The highest BCUT2D eigenvalue weighted by atomic mass is 16.2. The van der Waals surface area contributed by atoms with Gasteiger partial charge in [0.15, 0.2) is 0 Å². The Bertz CT molecular complexity index is 293. The molecule has 5 nitrogen and oxygen atoms in total. The molecule has 0 aliphatic rings. The molecule has 0 saturated carbocycles. The Morgan fingerprint density at radius 2 is 1.61 bits per heavy atom. The Morgan fingerprint density at radius 1 is 1.17 bits per heavy atom. The molecule has 106 valence electrons. The fourth-order valence-electron chi connectivity index (χ4n) is 1.56. The lowest BCUT2D eigenvalue weighted by Crippen LogP contribution is -2.51. The molecule has 0 heterocycles. The minimum atomic E-state index is -0.591. The van der Waals surface area contributed by atoms with Crippen molar-refractivity contribution in [1.82, 2.24) is 9.80 Å². The molecule has 2 amide bonds. The number of hydrogen-bond donors (Lipinski definition) is 1. The van der Waals surface area contributed by atoms with E-state index in [0.717, 1.165) is 0 Å². The Kier molecular flexibility index (Phi) is 6.32. The Labute approximate surface area is 110 Å². The number of likely N-dealkylation sites (N-methyl/N-ethyl adjacent to an activating group) is 2. The van der Waals surface area contributed by atoms with Gasteiger partial charge in [-0.1, -0.05) is 20.8 Å². The highest BCUT2D eigenvalue weighted by Crippen LogP contribution is 2.18. The first-order chi connectivity index (χ1) is 8.15. The number of hydrogen-bond acceptors (Lipinski definition) is 3. The largest absolute Gasteiger partial charge is 0.342 e. The van der Waals surface area contributed by atoms with Crippen LogP contribution in [0.2, 0.25) is 0 Å². The van der Waals surface area contributed by atoms with E-state index >= 15 is 0 Å². The standard InChI is InChI=1S/C13H27N3O2/c1-7-16(8-2)10(17)9-15(6)12(18)11(14)13(3,4)5/h11H,7-9,14H2,1-6H3/t11-/m0/s1. The van der Waals surface area contributed by atoms with E-state index in [1.807, 2.05) is 34.6 Å². The van der Waals surface area contributed by atoms with Crippen LogP contribution < -0.4 is 5.73 Å². The summed E-state index contributed by atoms with van der Waals surface area (Å²) in [7, 11) is 1.62. The number of carbonyl (C=O) groups excluding carboxylic acids is 2. The quantitative estimate of drug-likeness (QED) is 0.788. The van der Waals surface area contributed by atoms with Gasteiger partial charge in [-0.05, 0) is 19.3 Å². The molecule has 0 saturated heterocycles. The number of nitrogens with two attached hydrogens (primary N) is 1. The average molecular weight is 257 g/mol. The maximum absolute atomic E-state index is 12.1. The van der Waals surface area contributed by atoms with Gasteiger partial charge < -0.3 is 15.5 Å². The Morgan fingerprint density at radius 3 is 1.94 bits per heavy atom. The van der Waals surface area contributed by atoms with Gasteiger partial charge >= 0.3 is 0 Å². The van der Waals surface area contributed by atoms with E-state index in [1.165, 1.54) is 4.90 Å². The molecule has 0 unspecified atom stereocenters. The smallest absolute Gasteiger partial charge is 0.242 e. The minimum Gasteiger partial charge on any atom is -0.342 e. The summed E-state index contributed by atoms with van der Waals surface area (Å²) in [4.78, 5) is 27.1. The molecule has 0 aromatic rings. The third-order valence-electron chi connectivity index (χ3n) is 3.06. The molecule has 0 fully saturated rings. The van der Waals surface area contributed by atoms with Crippen molar-refractivity contribution < 1.29 is 9.59 Å². The summed E-state index contributed by atoms with van der Waals surface area (Å²) in [5.74, 6) is -0.236. The molecule has 0 aliphatic heterocycles. The second-order valence-corrected chi connectivity index (χ2v) is 5.60. The molecule has 0 bridgehead atoms. The number of rotatable bonds is 5. The zero-order valence-corrected chi connectivity index (χ0v) is 12.5. The van der Waals surface area contributed by atoms with Gasteiger partial charge in [-0.3, -0.25) is 9.59 Å². The first kappa shape index (κ1) is 16.9. The summed E-state index contributed by atoms with van der Waals surface area (Å²) < 4.78 is 0. The number of nitrogens with zero attached hydrogens (tertiary/aromatic N) is 2. The lowest BCUT2D eigenvalue weighted by atomic mass is 9.86. The van der Waals surface area contributed by atoms with Crippen molar-refractivity contribution >= 4 is 11.8 Å². The van der Waals surface area contributed by atoms with Gasteiger partial charge in [-0.15, -0.1) is 0 Å². The predicted octanol–water partition coefficient (Wildman–Crippen LogP) is 0.687. The van der Waals surface area contributed by atoms with Crippen molar-refractivity contribution in [2.45, 2.75) is 40.7 Å². The van der Waals surface area contributed by atoms with Gasteiger partial charge in [0.1, 0.15) is 0 Å². The number of carbonyl (C=O) groups is 2. The van der Waals surface area contributed by atoms with E-state index in [4.69, 9.17) is 5.73 Å². The molecule has 5 heteroatoms. The molecule has 0 aromatic heterocycles. The zero-order chi connectivity index (χ0) is 14.5. The summed E-state index contributed by atoms with van der Waals surface area (Å²) >= 11 is 0. The Hall–Kier alpha value is -1.10. The van der Waals surface area contributed by atoms with Crippen molar-refractivity contribution in [1.29, 1.82) is 0 Å². The van der Waals surface area contributed by atoms with Crippen molar-refractivity contribution in [3.05, 3.63) is 0 Å². The van der Waals surface area contributed by atoms with Crippen LogP contribution in [0.4, 0.5) is 0 Å². The van der Waals surface area contributed by atoms with Crippen LogP contribution in [-0.4, -0.2) is 54.3 Å². The summed E-state index contributed by atoms with van der Waals surface area (Å²) in [6, 6.07) is -0.591. The zero-order valence-electron chi connectivity index (χ0n) is 12.5. The van der Waals surface area contributed by atoms with Crippen LogP contribution in [0.1, 0.15) is 34.6 Å². The van der Waals surface area contributed by atoms with E-state index in [2.05, 4.69) is 0 Å². The third-order valence-corrected chi connectivity index (χ3v) is 3.06. The van der Waals surface area contributed by atoms with E-state index < -0.39 is 6.04 Å². The van der Waals surface area contributed by atoms with Crippen LogP contribution in [0.15, 0.2) is 0 Å². The maximum Gasteiger partial charge on any atom is 0.242 e. The Balaban J connectivity index is 4.54. The summed E-state index contributed by atoms with van der Waals surface area (Å²) in [5.41, 5.74) is 5.59. The van der Waals surface area contributed by atoms with Crippen LogP contribution in [0.3, 0.4) is 0 Å². The minimum absolute atomic E-state index is 0.0445. The third kappa shape index (κ3) is 4.64. The van der Waals surface area contributed by atoms with Crippen molar-refractivity contribution in [3.63, 3.8) is 0 Å². The van der Waals surface area contributed by atoms with Crippen molar-refractivity contribution in [2.24, 2.45) is 11.1 Å². The van der Waals surface area contributed by atoms with Crippen LogP contribution in [-0.2, 0) is 9.59 Å². The van der Waals surface area contributed by atoms with Gasteiger partial charge in [0.05, 0.1) is 12.6 Å². The molecule has 18 heavy (non-hydrogen) atoms. The summed E-state index contributed by atoms with van der Waals surface area (Å²) in [5, 5.41) is 0. The average Bonchev–Trinajstić information content (AvgIpc) is 2.27. The molecular weight excluding hydrogens is 230 g/mol.